The molecule has 12 heteroatoms. The van der Waals surface area contributed by atoms with Crippen molar-refractivity contribution in [1.82, 2.24) is 9.62 Å². The number of amides is 2. The van der Waals surface area contributed by atoms with Gasteiger partial charge in [-0.25, -0.2) is 17.6 Å². The third kappa shape index (κ3) is 8.17. The molecule has 0 aromatic heterocycles. The van der Waals surface area contributed by atoms with Gasteiger partial charge in [-0.05, 0) is 53.8 Å². The second kappa shape index (κ2) is 14.1. The van der Waals surface area contributed by atoms with Crippen LogP contribution < -0.4 is 10.2 Å². The van der Waals surface area contributed by atoms with Crippen LogP contribution in [0.5, 0.6) is 0 Å². The predicted molar refractivity (Wildman–Crippen MR) is 158 cm³/mol. The van der Waals surface area contributed by atoms with Gasteiger partial charge in [-0.3, -0.25) is 9.69 Å². The zero-order valence-corrected chi connectivity index (χ0v) is 24.8. The van der Waals surface area contributed by atoms with Crippen LogP contribution in [0.15, 0.2) is 83.8 Å². The molecule has 4 rings (SSSR count). The Balaban J connectivity index is 1.55. The molecule has 3 N–H and O–H groups in total. The summed E-state index contributed by atoms with van der Waals surface area (Å²) in [6.07, 6.45) is -3.22. The van der Waals surface area contributed by atoms with Crippen molar-refractivity contribution in [2.45, 2.75) is 50.0 Å². The number of ether oxygens (including phenoxy) is 1. The number of hydrogen-bond acceptors (Lipinski definition) is 7. The SMILES string of the molecule is CC(C)CN(C[C@@H](O)C(Cc1ccccc1)NC(=O)[C@@H]1CN(c2cccc(F)c2)C(=O)O1)S(=O)(=O)c1ccc(CO)cc1. The number of halogens is 1. The number of nitrogens with one attached hydrogen (secondary N) is 1. The lowest BCUT2D eigenvalue weighted by molar-refractivity contribution is -0.129. The predicted octanol–water partition coefficient (Wildman–Crippen LogP) is 3.08. The Morgan fingerprint density at radius 2 is 1.74 bits per heavy atom. The van der Waals surface area contributed by atoms with E-state index >= 15 is 0 Å². The molecule has 2 amide bonds. The van der Waals surface area contributed by atoms with Gasteiger partial charge >= 0.3 is 6.09 Å². The second-order valence-electron chi connectivity index (χ2n) is 10.9. The van der Waals surface area contributed by atoms with Crippen LogP contribution in [0.25, 0.3) is 0 Å². The Morgan fingerprint density at radius 1 is 1.05 bits per heavy atom. The van der Waals surface area contributed by atoms with Gasteiger partial charge in [-0.2, -0.15) is 4.31 Å². The molecular weight excluding hydrogens is 577 g/mol. The maximum absolute atomic E-state index is 13.7. The number of cyclic esters (lactones) is 1. The molecule has 1 aliphatic heterocycles. The van der Waals surface area contributed by atoms with E-state index in [1.807, 2.05) is 44.2 Å². The minimum Gasteiger partial charge on any atom is -0.434 e. The Labute approximate surface area is 250 Å². The van der Waals surface area contributed by atoms with Gasteiger partial charge in [-0.15, -0.1) is 0 Å². The maximum Gasteiger partial charge on any atom is 0.415 e. The third-order valence-corrected chi connectivity index (χ3v) is 8.86. The monoisotopic (exact) mass is 613 g/mol. The van der Waals surface area contributed by atoms with Crippen molar-refractivity contribution < 1.29 is 37.3 Å². The van der Waals surface area contributed by atoms with Crippen molar-refractivity contribution in [1.29, 1.82) is 0 Å². The summed E-state index contributed by atoms with van der Waals surface area (Å²) < 4.78 is 47.4. The molecule has 43 heavy (non-hydrogen) atoms. The van der Waals surface area contributed by atoms with Crippen LogP contribution in [-0.4, -0.2) is 72.8 Å². The Morgan fingerprint density at radius 3 is 2.37 bits per heavy atom. The number of aliphatic hydroxyl groups is 2. The van der Waals surface area contributed by atoms with Crippen LogP contribution in [0.4, 0.5) is 14.9 Å². The number of benzene rings is 3. The molecule has 0 aliphatic carbocycles. The fraction of sp³-hybridized carbons (Fsp3) is 0.355. The highest BCUT2D eigenvalue weighted by atomic mass is 32.2. The summed E-state index contributed by atoms with van der Waals surface area (Å²) in [4.78, 5) is 27.0. The molecule has 0 saturated carbocycles. The summed E-state index contributed by atoms with van der Waals surface area (Å²) >= 11 is 0. The Bertz CT molecular complexity index is 1500. The fourth-order valence-electron chi connectivity index (χ4n) is 4.81. The summed E-state index contributed by atoms with van der Waals surface area (Å²) in [5.41, 5.74) is 1.58. The van der Waals surface area contributed by atoms with E-state index in [4.69, 9.17) is 4.74 Å². The van der Waals surface area contributed by atoms with E-state index in [0.717, 1.165) is 16.5 Å². The largest absolute Gasteiger partial charge is 0.434 e. The van der Waals surface area contributed by atoms with Gasteiger partial charge in [0.1, 0.15) is 5.82 Å². The molecule has 0 bridgehead atoms. The highest BCUT2D eigenvalue weighted by Crippen LogP contribution is 2.23. The average Bonchev–Trinajstić information content (AvgIpc) is 3.38. The summed E-state index contributed by atoms with van der Waals surface area (Å²) in [7, 11) is -4.04. The van der Waals surface area contributed by atoms with E-state index in [-0.39, 0.29) is 49.2 Å². The van der Waals surface area contributed by atoms with Crippen molar-refractivity contribution in [3.8, 4) is 0 Å². The summed E-state index contributed by atoms with van der Waals surface area (Å²) in [6, 6.07) is 19.3. The number of nitrogens with zero attached hydrogens (tertiary/aromatic N) is 2. The van der Waals surface area contributed by atoms with E-state index in [1.165, 1.54) is 46.8 Å². The number of carbonyl (C=O) groups excluding carboxylic acids is 2. The van der Waals surface area contributed by atoms with Crippen molar-refractivity contribution in [3.05, 3.63) is 95.8 Å². The van der Waals surface area contributed by atoms with E-state index < -0.39 is 46.1 Å². The van der Waals surface area contributed by atoms with Crippen LogP contribution in [-0.2, 0) is 32.6 Å². The molecule has 3 aromatic carbocycles. The average molecular weight is 614 g/mol. The Hall–Kier alpha value is -3.84. The first kappa shape index (κ1) is 32.1. The fourth-order valence-corrected chi connectivity index (χ4v) is 6.43. The number of sulfonamides is 1. The molecule has 1 saturated heterocycles. The van der Waals surface area contributed by atoms with Crippen molar-refractivity contribution in [2.24, 2.45) is 5.92 Å². The molecule has 230 valence electrons. The molecule has 10 nitrogen and oxygen atoms in total. The quantitative estimate of drug-likeness (QED) is 0.270. The standard InChI is InChI=1S/C31H36FN3O7S/c1-21(2)17-34(43(40,41)26-13-11-23(20-36)12-14-26)18-28(37)27(15-22-7-4-3-5-8-22)33-30(38)29-19-35(31(39)42-29)25-10-6-9-24(32)16-25/h3-14,16,21,27-29,36-37H,15,17-20H2,1-2H3,(H,33,38)/t27?,28-,29+/m1/s1. The Kier molecular flexibility index (Phi) is 10.5. The van der Waals surface area contributed by atoms with Crippen LogP contribution in [0.1, 0.15) is 25.0 Å². The van der Waals surface area contributed by atoms with Crippen LogP contribution in [0.3, 0.4) is 0 Å². The van der Waals surface area contributed by atoms with Gasteiger partial charge in [0, 0.05) is 13.1 Å². The van der Waals surface area contributed by atoms with Gasteiger partial charge in [0.2, 0.25) is 10.0 Å². The molecular formula is C31H36FN3O7S. The minimum atomic E-state index is -4.04. The first-order chi connectivity index (χ1) is 20.5. The van der Waals surface area contributed by atoms with Gasteiger partial charge < -0.3 is 20.3 Å². The highest BCUT2D eigenvalue weighted by Gasteiger charge is 2.39. The lowest BCUT2D eigenvalue weighted by Gasteiger charge is -2.31. The number of anilines is 1. The zero-order valence-electron chi connectivity index (χ0n) is 24.0. The van der Waals surface area contributed by atoms with E-state index in [0.29, 0.717) is 5.56 Å². The molecule has 0 radical (unpaired) electrons. The molecule has 1 unspecified atom stereocenters. The van der Waals surface area contributed by atoms with Crippen LogP contribution >= 0.6 is 0 Å². The molecule has 3 aromatic rings. The number of rotatable bonds is 13. The van der Waals surface area contributed by atoms with Crippen molar-refractivity contribution in [3.63, 3.8) is 0 Å². The van der Waals surface area contributed by atoms with E-state index in [9.17, 15) is 32.6 Å². The smallest absolute Gasteiger partial charge is 0.415 e. The lowest BCUT2D eigenvalue weighted by Crippen LogP contribution is -2.53. The maximum atomic E-state index is 13.7. The van der Waals surface area contributed by atoms with Gasteiger partial charge in [0.25, 0.3) is 5.91 Å². The van der Waals surface area contributed by atoms with Crippen LogP contribution in [0, 0.1) is 11.7 Å². The summed E-state index contributed by atoms with van der Waals surface area (Å²) in [6.45, 7) is 3.10. The third-order valence-electron chi connectivity index (χ3n) is 7.02. The molecule has 3 atom stereocenters. The van der Waals surface area contributed by atoms with E-state index in [2.05, 4.69) is 5.32 Å². The molecule has 1 fully saturated rings. The first-order valence-electron chi connectivity index (χ1n) is 13.9. The topological polar surface area (TPSA) is 136 Å². The molecule has 0 spiro atoms. The lowest BCUT2D eigenvalue weighted by atomic mass is 10.0. The van der Waals surface area contributed by atoms with Gasteiger partial charge in [0.15, 0.2) is 6.10 Å². The zero-order chi connectivity index (χ0) is 31.1. The van der Waals surface area contributed by atoms with Gasteiger partial charge in [-0.1, -0.05) is 62.4 Å². The second-order valence-corrected chi connectivity index (χ2v) is 12.8. The van der Waals surface area contributed by atoms with E-state index in [1.54, 1.807) is 0 Å². The number of carbonyl (C=O) groups is 2. The normalized spacial score (nSPS) is 16.8. The highest BCUT2D eigenvalue weighted by molar-refractivity contribution is 7.89. The van der Waals surface area contributed by atoms with Crippen LogP contribution in [0.2, 0.25) is 0 Å². The minimum absolute atomic E-state index is 0.0107. The molecule has 1 aliphatic rings. The van der Waals surface area contributed by atoms with Gasteiger partial charge in [0.05, 0.1) is 35.9 Å². The number of aliphatic hydroxyl groups excluding tert-OH is 2. The van der Waals surface area contributed by atoms with Crippen molar-refractivity contribution >= 4 is 27.7 Å². The summed E-state index contributed by atoms with van der Waals surface area (Å²) in [5.74, 6) is -1.30. The molecule has 1 heterocycles. The summed E-state index contributed by atoms with van der Waals surface area (Å²) in [5, 5.41) is 23.5. The first-order valence-corrected chi connectivity index (χ1v) is 15.4. The number of hydrogen-bond donors (Lipinski definition) is 3. The van der Waals surface area contributed by atoms with Crippen molar-refractivity contribution in [2.75, 3.05) is 24.5 Å².